The highest BCUT2D eigenvalue weighted by molar-refractivity contribution is 6.02. The fourth-order valence-corrected chi connectivity index (χ4v) is 2.37. The van der Waals surface area contributed by atoms with Gasteiger partial charge in [0, 0.05) is 11.1 Å². The van der Waals surface area contributed by atoms with Gasteiger partial charge >= 0.3 is 0 Å². The van der Waals surface area contributed by atoms with Gasteiger partial charge in [-0.25, -0.2) is 0 Å². The average molecular weight is 291 g/mol. The van der Waals surface area contributed by atoms with Crippen molar-refractivity contribution in [1.29, 1.82) is 0 Å². The van der Waals surface area contributed by atoms with Gasteiger partial charge in [0.25, 0.3) is 5.91 Å². The first-order chi connectivity index (χ1) is 10.7. The molecule has 0 saturated carbocycles. The molecule has 0 radical (unpaired) electrons. The second-order valence-corrected chi connectivity index (χ2v) is 5.18. The molecule has 0 saturated heterocycles. The molecule has 3 heteroatoms. The van der Waals surface area contributed by atoms with Crippen LogP contribution in [0.1, 0.15) is 5.56 Å². The van der Waals surface area contributed by atoms with E-state index >= 15 is 0 Å². The molecular weight excluding hydrogens is 274 g/mol. The van der Waals surface area contributed by atoms with Crippen LogP contribution >= 0.6 is 0 Å². The van der Waals surface area contributed by atoms with E-state index in [-0.39, 0.29) is 12.5 Å². The zero-order valence-corrected chi connectivity index (χ0v) is 12.4. The molecule has 3 rings (SSSR count). The molecule has 0 unspecified atom stereocenters. The third kappa shape index (κ3) is 3.26. The number of nitrogens with one attached hydrogen (secondary N) is 1. The van der Waals surface area contributed by atoms with Gasteiger partial charge in [-0.15, -0.1) is 0 Å². The Hall–Kier alpha value is -2.81. The van der Waals surface area contributed by atoms with E-state index in [9.17, 15) is 4.79 Å². The van der Waals surface area contributed by atoms with Gasteiger partial charge in [0.2, 0.25) is 0 Å². The standard InChI is InChI=1S/C19H17NO2/c1-14-6-4-9-16(12-14)22-13-19(21)20-18-11-5-8-15-7-2-3-10-17(15)18/h2-12H,13H2,1H3,(H,20,21). The van der Waals surface area contributed by atoms with Gasteiger partial charge in [-0.2, -0.15) is 0 Å². The molecule has 3 nitrogen and oxygen atoms in total. The van der Waals surface area contributed by atoms with Crippen LogP contribution in [-0.4, -0.2) is 12.5 Å². The summed E-state index contributed by atoms with van der Waals surface area (Å²) in [6, 6.07) is 21.5. The summed E-state index contributed by atoms with van der Waals surface area (Å²) in [5, 5.41) is 5.03. The number of ether oxygens (including phenoxy) is 1. The molecule has 0 fully saturated rings. The Kier molecular flexibility index (Phi) is 4.05. The van der Waals surface area contributed by atoms with E-state index in [1.807, 2.05) is 73.7 Å². The van der Waals surface area contributed by atoms with Crippen molar-refractivity contribution >= 4 is 22.4 Å². The number of benzene rings is 3. The van der Waals surface area contributed by atoms with Crippen molar-refractivity contribution in [3.8, 4) is 5.75 Å². The highest BCUT2D eigenvalue weighted by Gasteiger charge is 2.06. The molecule has 3 aromatic rings. The first kappa shape index (κ1) is 14.1. The highest BCUT2D eigenvalue weighted by atomic mass is 16.5. The van der Waals surface area contributed by atoms with Crippen molar-refractivity contribution < 1.29 is 9.53 Å². The monoisotopic (exact) mass is 291 g/mol. The van der Waals surface area contributed by atoms with E-state index in [0.29, 0.717) is 5.75 Å². The van der Waals surface area contributed by atoms with Gasteiger partial charge in [0.1, 0.15) is 5.75 Å². The molecule has 0 spiro atoms. The van der Waals surface area contributed by atoms with Gasteiger partial charge in [-0.3, -0.25) is 4.79 Å². The van der Waals surface area contributed by atoms with Crippen molar-refractivity contribution in [2.75, 3.05) is 11.9 Å². The molecule has 1 N–H and O–H groups in total. The van der Waals surface area contributed by atoms with Crippen molar-refractivity contribution in [2.45, 2.75) is 6.92 Å². The van der Waals surface area contributed by atoms with E-state index in [1.54, 1.807) is 0 Å². The Morgan fingerprint density at radius 1 is 1.00 bits per heavy atom. The number of anilines is 1. The van der Waals surface area contributed by atoms with Gasteiger partial charge < -0.3 is 10.1 Å². The van der Waals surface area contributed by atoms with Gasteiger partial charge in [0.15, 0.2) is 6.61 Å². The third-order valence-corrected chi connectivity index (χ3v) is 3.42. The summed E-state index contributed by atoms with van der Waals surface area (Å²) >= 11 is 0. The molecule has 0 heterocycles. The summed E-state index contributed by atoms with van der Waals surface area (Å²) in [4.78, 5) is 12.1. The SMILES string of the molecule is Cc1cccc(OCC(=O)Nc2cccc3ccccc23)c1. The fraction of sp³-hybridized carbons (Fsp3) is 0.105. The lowest BCUT2D eigenvalue weighted by atomic mass is 10.1. The fourth-order valence-electron chi connectivity index (χ4n) is 2.37. The molecule has 0 aromatic heterocycles. The van der Waals surface area contributed by atoms with Gasteiger partial charge in [-0.1, -0.05) is 48.5 Å². The van der Waals surface area contributed by atoms with Crippen LogP contribution in [0.3, 0.4) is 0 Å². The largest absolute Gasteiger partial charge is 0.484 e. The molecule has 110 valence electrons. The molecule has 0 aliphatic heterocycles. The summed E-state index contributed by atoms with van der Waals surface area (Å²) in [6.07, 6.45) is 0. The number of carbonyl (C=O) groups excluding carboxylic acids is 1. The number of amides is 1. The van der Waals surface area contributed by atoms with Crippen LogP contribution in [0.25, 0.3) is 10.8 Å². The smallest absolute Gasteiger partial charge is 0.262 e. The van der Waals surface area contributed by atoms with Gasteiger partial charge in [0.05, 0.1) is 0 Å². The van der Waals surface area contributed by atoms with Crippen LogP contribution < -0.4 is 10.1 Å². The first-order valence-electron chi connectivity index (χ1n) is 7.19. The minimum absolute atomic E-state index is 0.00727. The summed E-state index contributed by atoms with van der Waals surface area (Å²) < 4.78 is 5.52. The number of fused-ring (bicyclic) bond motifs is 1. The van der Waals surface area contributed by atoms with E-state index in [1.165, 1.54) is 0 Å². The topological polar surface area (TPSA) is 38.3 Å². The van der Waals surface area contributed by atoms with Gasteiger partial charge in [-0.05, 0) is 36.1 Å². The lowest BCUT2D eigenvalue weighted by Gasteiger charge is -2.10. The van der Waals surface area contributed by atoms with Crippen LogP contribution in [0.4, 0.5) is 5.69 Å². The minimum atomic E-state index is -0.169. The number of aryl methyl sites for hydroxylation is 1. The molecule has 0 aliphatic rings. The van der Waals surface area contributed by atoms with E-state index in [2.05, 4.69) is 5.32 Å². The van der Waals surface area contributed by atoms with Crippen LogP contribution in [0.2, 0.25) is 0 Å². The Bertz CT molecular complexity index is 806. The Morgan fingerprint density at radius 2 is 1.77 bits per heavy atom. The van der Waals surface area contributed by atoms with Crippen molar-refractivity contribution in [1.82, 2.24) is 0 Å². The van der Waals surface area contributed by atoms with E-state index in [0.717, 1.165) is 22.0 Å². The molecule has 0 atom stereocenters. The summed E-state index contributed by atoms with van der Waals surface area (Å²) in [5.41, 5.74) is 1.91. The van der Waals surface area contributed by atoms with Crippen molar-refractivity contribution in [2.24, 2.45) is 0 Å². The maximum Gasteiger partial charge on any atom is 0.262 e. The van der Waals surface area contributed by atoms with E-state index in [4.69, 9.17) is 4.74 Å². The van der Waals surface area contributed by atoms with Crippen LogP contribution in [0.5, 0.6) is 5.75 Å². The molecule has 1 amide bonds. The second-order valence-electron chi connectivity index (χ2n) is 5.18. The molecule has 0 bridgehead atoms. The number of carbonyl (C=O) groups is 1. The second kappa shape index (κ2) is 6.31. The molecular formula is C19H17NO2. The number of hydrogen-bond acceptors (Lipinski definition) is 2. The predicted octanol–water partition coefficient (Wildman–Crippen LogP) is 4.17. The zero-order chi connectivity index (χ0) is 15.4. The lowest BCUT2D eigenvalue weighted by Crippen LogP contribution is -2.20. The molecule has 3 aromatic carbocycles. The van der Waals surface area contributed by atoms with E-state index < -0.39 is 0 Å². The van der Waals surface area contributed by atoms with Crippen molar-refractivity contribution in [3.05, 3.63) is 72.3 Å². The zero-order valence-electron chi connectivity index (χ0n) is 12.4. The van der Waals surface area contributed by atoms with Crippen LogP contribution in [0, 0.1) is 6.92 Å². The first-order valence-corrected chi connectivity index (χ1v) is 7.19. The maximum absolute atomic E-state index is 12.1. The summed E-state index contributed by atoms with van der Waals surface area (Å²) in [7, 11) is 0. The Morgan fingerprint density at radius 3 is 2.64 bits per heavy atom. The number of rotatable bonds is 4. The number of hydrogen-bond donors (Lipinski definition) is 1. The van der Waals surface area contributed by atoms with Crippen LogP contribution in [0.15, 0.2) is 66.7 Å². The third-order valence-electron chi connectivity index (χ3n) is 3.42. The minimum Gasteiger partial charge on any atom is -0.484 e. The normalized spacial score (nSPS) is 10.4. The Balaban J connectivity index is 1.68. The maximum atomic E-state index is 12.1. The Labute approximate surface area is 129 Å². The molecule has 0 aliphatic carbocycles. The quantitative estimate of drug-likeness (QED) is 0.783. The lowest BCUT2D eigenvalue weighted by molar-refractivity contribution is -0.118. The van der Waals surface area contributed by atoms with Crippen molar-refractivity contribution in [3.63, 3.8) is 0 Å². The molecule has 22 heavy (non-hydrogen) atoms. The van der Waals surface area contributed by atoms with Crippen LogP contribution in [-0.2, 0) is 4.79 Å². The highest BCUT2D eigenvalue weighted by Crippen LogP contribution is 2.22. The summed E-state index contributed by atoms with van der Waals surface area (Å²) in [5.74, 6) is 0.533. The summed E-state index contributed by atoms with van der Waals surface area (Å²) in [6.45, 7) is 1.98. The predicted molar refractivity (Wildman–Crippen MR) is 89.3 cm³/mol. The average Bonchev–Trinajstić information content (AvgIpc) is 2.53.